The van der Waals surface area contributed by atoms with Gasteiger partial charge >= 0.3 is 0 Å². The lowest BCUT2D eigenvalue weighted by molar-refractivity contribution is -0.133. The Kier molecular flexibility index (Phi) is 6.47. The molecule has 2 heterocycles. The topological polar surface area (TPSA) is 94.2 Å². The van der Waals surface area contributed by atoms with Gasteiger partial charge in [-0.1, -0.05) is 11.6 Å². The molecule has 174 valence electrons. The normalized spacial score (nSPS) is 16.6. The van der Waals surface area contributed by atoms with Gasteiger partial charge in [0, 0.05) is 36.5 Å². The standard InChI is InChI=1S/C24H25ClN2O6/c1-31-19-8-7-17-18(28)13-24(33-21(17)22(19)32-2)9-11-27(12-10-24)20(29)14-26-23(30)15-3-5-16(25)6-4-15/h3-8H,9-14H2,1-2H3,(H,26,30). The third kappa shape index (κ3) is 4.61. The fourth-order valence-electron chi connectivity index (χ4n) is 4.27. The van der Waals surface area contributed by atoms with Gasteiger partial charge in [0.05, 0.1) is 32.7 Å². The minimum atomic E-state index is -0.701. The predicted octanol–water partition coefficient (Wildman–Crippen LogP) is 3.11. The second-order valence-electron chi connectivity index (χ2n) is 8.13. The largest absolute Gasteiger partial charge is 0.493 e. The minimum absolute atomic E-state index is 0.0211. The van der Waals surface area contributed by atoms with E-state index in [1.165, 1.54) is 14.2 Å². The zero-order chi connectivity index (χ0) is 23.6. The molecule has 2 aromatic carbocycles. The number of methoxy groups -OCH3 is 2. The molecule has 33 heavy (non-hydrogen) atoms. The van der Waals surface area contributed by atoms with Crippen molar-refractivity contribution in [1.82, 2.24) is 10.2 Å². The third-order valence-corrected chi connectivity index (χ3v) is 6.39. The number of amides is 2. The van der Waals surface area contributed by atoms with Crippen molar-refractivity contribution in [2.75, 3.05) is 33.9 Å². The fraction of sp³-hybridized carbons (Fsp3) is 0.375. The van der Waals surface area contributed by atoms with Gasteiger partial charge in [-0.15, -0.1) is 0 Å². The van der Waals surface area contributed by atoms with Crippen LogP contribution in [0.25, 0.3) is 0 Å². The molecule has 0 saturated carbocycles. The number of carbonyl (C=O) groups excluding carboxylic acids is 3. The molecule has 1 N–H and O–H groups in total. The zero-order valence-corrected chi connectivity index (χ0v) is 19.2. The molecule has 0 atom stereocenters. The molecule has 2 amide bonds. The van der Waals surface area contributed by atoms with E-state index in [4.69, 9.17) is 25.8 Å². The van der Waals surface area contributed by atoms with Crippen LogP contribution in [0, 0.1) is 0 Å². The summed E-state index contributed by atoms with van der Waals surface area (Å²) in [6.07, 6.45) is 1.23. The van der Waals surface area contributed by atoms with E-state index in [2.05, 4.69) is 5.32 Å². The average Bonchev–Trinajstić information content (AvgIpc) is 2.82. The van der Waals surface area contributed by atoms with Crippen LogP contribution in [0.3, 0.4) is 0 Å². The molecule has 2 aliphatic rings. The summed E-state index contributed by atoms with van der Waals surface area (Å²) in [4.78, 5) is 39.4. The highest BCUT2D eigenvalue weighted by Crippen LogP contribution is 2.47. The van der Waals surface area contributed by atoms with Gasteiger partial charge in [-0.25, -0.2) is 0 Å². The predicted molar refractivity (Wildman–Crippen MR) is 121 cm³/mol. The number of benzene rings is 2. The van der Waals surface area contributed by atoms with Crippen molar-refractivity contribution in [3.63, 3.8) is 0 Å². The molecule has 1 fully saturated rings. The van der Waals surface area contributed by atoms with Crippen LogP contribution in [0.2, 0.25) is 5.02 Å². The smallest absolute Gasteiger partial charge is 0.251 e. The van der Waals surface area contributed by atoms with E-state index in [0.717, 1.165) is 0 Å². The number of fused-ring (bicyclic) bond motifs is 1. The lowest BCUT2D eigenvalue weighted by Gasteiger charge is -2.44. The molecule has 0 aromatic heterocycles. The average molecular weight is 473 g/mol. The van der Waals surface area contributed by atoms with Crippen molar-refractivity contribution in [1.29, 1.82) is 0 Å². The van der Waals surface area contributed by atoms with E-state index in [1.54, 1.807) is 41.3 Å². The van der Waals surface area contributed by atoms with E-state index in [1.807, 2.05) is 0 Å². The van der Waals surface area contributed by atoms with Crippen LogP contribution in [0.1, 0.15) is 40.0 Å². The van der Waals surface area contributed by atoms with E-state index in [0.29, 0.717) is 59.3 Å². The number of piperidine rings is 1. The van der Waals surface area contributed by atoms with E-state index >= 15 is 0 Å². The quantitative estimate of drug-likeness (QED) is 0.718. The molecule has 4 rings (SSSR count). The van der Waals surface area contributed by atoms with Gasteiger partial charge in [0.15, 0.2) is 17.3 Å². The highest BCUT2D eigenvalue weighted by atomic mass is 35.5. The number of Topliss-reactive ketones (excluding diaryl/α,β-unsaturated/α-hetero) is 1. The molecule has 0 bridgehead atoms. The second-order valence-corrected chi connectivity index (χ2v) is 8.57. The van der Waals surface area contributed by atoms with Crippen molar-refractivity contribution >= 4 is 29.2 Å². The summed E-state index contributed by atoms with van der Waals surface area (Å²) in [7, 11) is 3.04. The highest BCUT2D eigenvalue weighted by Gasteiger charge is 2.45. The molecule has 0 unspecified atom stereocenters. The molecule has 2 aliphatic heterocycles. The number of ketones is 1. The van der Waals surface area contributed by atoms with E-state index < -0.39 is 5.60 Å². The van der Waals surface area contributed by atoms with Gasteiger partial charge in [0.25, 0.3) is 5.91 Å². The summed E-state index contributed by atoms with van der Waals surface area (Å²) in [6, 6.07) is 9.83. The second kappa shape index (κ2) is 9.31. The van der Waals surface area contributed by atoms with Gasteiger partial charge < -0.3 is 24.4 Å². The first kappa shape index (κ1) is 22.9. The van der Waals surface area contributed by atoms with Crippen molar-refractivity contribution < 1.29 is 28.6 Å². The van der Waals surface area contributed by atoms with E-state index in [-0.39, 0.29) is 30.6 Å². The molecular weight excluding hydrogens is 448 g/mol. The summed E-state index contributed by atoms with van der Waals surface area (Å²) < 4.78 is 17.1. The molecule has 9 heteroatoms. The van der Waals surface area contributed by atoms with Crippen LogP contribution in [-0.4, -0.2) is 62.0 Å². The van der Waals surface area contributed by atoms with Crippen molar-refractivity contribution in [2.24, 2.45) is 0 Å². The first-order valence-electron chi connectivity index (χ1n) is 10.6. The SMILES string of the molecule is COc1ccc2c(c1OC)OC1(CCN(C(=O)CNC(=O)c3ccc(Cl)cc3)CC1)CC2=O. The Hall–Kier alpha value is -3.26. The summed E-state index contributed by atoms with van der Waals surface area (Å²) in [5.74, 6) is 0.729. The Morgan fingerprint density at radius 3 is 2.42 bits per heavy atom. The van der Waals surface area contributed by atoms with Crippen LogP contribution in [-0.2, 0) is 4.79 Å². The number of ether oxygens (including phenoxy) is 3. The number of halogens is 1. The fourth-order valence-corrected chi connectivity index (χ4v) is 4.40. The van der Waals surface area contributed by atoms with Crippen molar-refractivity contribution in [3.8, 4) is 17.2 Å². The Bertz CT molecular complexity index is 1080. The summed E-state index contributed by atoms with van der Waals surface area (Å²) >= 11 is 5.84. The number of likely N-dealkylation sites (tertiary alicyclic amines) is 1. The Morgan fingerprint density at radius 1 is 1.09 bits per heavy atom. The molecule has 0 aliphatic carbocycles. The van der Waals surface area contributed by atoms with Crippen LogP contribution < -0.4 is 19.5 Å². The van der Waals surface area contributed by atoms with E-state index in [9.17, 15) is 14.4 Å². The van der Waals surface area contributed by atoms with Crippen molar-refractivity contribution in [2.45, 2.75) is 24.9 Å². The molecule has 8 nitrogen and oxygen atoms in total. The number of rotatable bonds is 5. The maximum Gasteiger partial charge on any atom is 0.251 e. The van der Waals surface area contributed by atoms with Crippen LogP contribution in [0.4, 0.5) is 0 Å². The van der Waals surface area contributed by atoms with Gasteiger partial charge in [-0.2, -0.15) is 0 Å². The lowest BCUT2D eigenvalue weighted by Crippen LogP contribution is -2.53. The highest BCUT2D eigenvalue weighted by molar-refractivity contribution is 6.30. The first-order chi connectivity index (χ1) is 15.9. The van der Waals surface area contributed by atoms with Gasteiger partial charge in [0.1, 0.15) is 5.60 Å². The number of hydrogen-bond donors (Lipinski definition) is 1. The van der Waals surface area contributed by atoms with Crippen LogP contribution >= 0.6 is 11.6 Å². The van der Waals surface area contributed by atoms with Crippen LogP contribution in [0.5, 0.6) is 17.2 Å². The number of hydrogen-bond acceptors (Lipinski definition) is 6. The Labute approximate surface area is 196 Å². The van der Waals surface area contributed by atoms with Crippen LogP contribution in [0.15, 0.2) is 36.4 Å². The third-order valence-electron chi connectivity index (χ3n) is 6.14. The number of nitrogens with zero attached hydrogens (tertiary/aromatic N) is 1. The molecule has 0 radical (unpaired) electrons. The summed E-state index contributed by atoms with van der Waals surface area (Å²) in [5.41, 5.74) is 0.205. The summed E-state index contributed by atoms with van der Waals surface area (Å²) in [5, 5.41) is 3.18. The zero-order valence-electron chi connectivity index (χ0n) is 18.5. The minimum Gasteiger partial charge on any atom is -0.493 e. The Balaban J connectivity index is 1.38. The Morgan fingerprint density at radius 2 is 1.79 bits per heavy atom. The molecular formula is C24H25ClN2O6. The molecule has 2 aromatic rings. The maximum absolute atomic E-state index is 12.9. The maximum atomic E-state index is 12.9. The van der Waals surface area contributed by atoms with Gasteiger partial charge in [-0.3, -0.25) is 14.4 Å². The monoisotopic (exact) mass is 472 g/mol. The summed E-state index contributed by atoms with van der Waals surface area (Å²) in [6.45, 7) is 0.733. The molecule has 1 saturated heterocycles. The van der Waals surface area contributed by atoms with Gasteiger partial charge in [-0.05, 0) is 36.4 Å². The number of nitrogens with one attached hydrogen (secondary N) is 1. The van der Waals surface area contributed by atoms with Crippen molar-refractivity contribution in [3.05, 3.63) is 52.5 Å². The first-order valence-corrected chi connectivity index (χ1v) is 11.0. The lowest BCUT2D eigenvalue weighted by atomic mass is 9.82. The number of carbonyl (C=O) groups is 3. The van der Waals surface area contributed by atoms with Gasteiger partial charge in [0.2, 0.25) is 11.7 Å². The molecule has 1 spiro atoms.